The number of H-pyrrole nitrogens is 1. The number of hydrogen-bond acceptors (Lipinski definition) is 6. The van der Waals surface area contributed by atoms with E-state index in [1.54, 1.807) is 0 Å². The lowest BCUT2D eigenvalue weighted by Crippen LogP contribution is -2.46. The molecule has 0 bridgehead atoms. The van der Waals surface area contributed by atoms with Crippen LogP contribution in [0.25, 0.3) is 27.8 Å². The van der Waals surface area contributed by atoms with E-state index < -0.39 is 0 Å². The molecule has 7 rings (SSSR count). The van der Waals surface area contributed by atoms with Crippen molar-refractivity contribution in [2.45, 2.75) is 25.4 Å². The minimum absolute atomic E-state index is 0.742. The van der Waals surface area contributed by atoms with Gasteiger partial charge in [-0.2, -0.15) is 9.61 Å². The summed E-state index contributed by atoms with van der Waals surface area (Å²) in [5, 5.41) is 6.24. The Balaban J connectivity index is 1.24. The van der Waals surface area contributed by atoms with Gasteiger partial charge >= 0.3 is 0 Å². The molecule has 1 saturated carbocycles. The second kappa shape index (κ2) is 8.37. The molecule has 3 aromatic heterocycles. The average Bonchev–Trinajstić information content (AvgIpc) is 3.47. The quantitative estimate of drug-likeness (QED) is 0.497. The Bertz CT molecular complexity index is 1310. The lowest BCUT2D eigenvalue weighted by molar-refractivity contribution is 0.120. The zero-order valence-corrected chi connectivity index (χ0v) is 19.5. The van der Waals surface area contributed by atoms with Crippen LogP contribution in [-0.2, 0) is 11.3 Å². The van der Waals surface area contributed by atoms with Crippen molar-refractivity contribution < 1.29 is 4.74 Å². The maximum Gasteiger partial charge on any atom is 0.158 e. The minimum Gasteiger partial charge on any atom is -0.378 e. The molecular formula is C26H31N7O. The molecule has 0 unspecified atom stereocenters. The van der Waals surface area contributed by atoms with Crippen LogP contribution in [0, 0.1) is 0 Å². The van der Waals surface area contributed by atoms with Crippen molar-refractivity contribution in [3.05, 3.63) is 48.3 Å². The molecular weight excluding hydrogens is 426 g/mol. The molecule has 3 fully saturated rings. The second-order valence-electron chi connectivity index (χ2n) is 9.79. The minimum atomic E-state index is 0.742. The molecule has 176 valence electrons. The Morgan fingerprint density at radius 1 is 0.971 bits per heavy atom. The number of aromatic nitrogens is 4. The summed E-state index contributed by atoms with van der Waals surface area (Å²) >= 11 is 0. The van der Waals surface area contributed by atoms with Crippen LogP contribution in [0.15, 0.2) is 42.6 Å². The van der Waals surface area contributed by atoms with E-state index in [4.69, 9.17) is 14.8 Å². The lowest BCUT2D eigenvalue weighted by Gasteiger charge is -2.34. The molecule has 1 aliphatic carbocycles. The summed E-state index contributed by atoms with van der Waals surface area (Å²) in [5.41, 5.74) is 5.28. The monoisotopic (exact) mass is 457 g/mol. The molecule has 1 aromatic carbocycles. The number of nitrogens with one attached hydrogen (secondary N) is 1. The lowest BCUT2D eigenvalue weighted by atomic mass is 10.1. The Labute approximate surface area is 199 Å². The first-order valence-electron chi connectivity index (χ1n) is 12.6. The summed E-state index contributed by atoms with van der Waals surface area (Å²) in [7, 11) is 0. The highest BCUT2D eigenvalue weighted by Crippen LogP contribution is 2.31. The Kier molecular flexibility index (Phi) is 5.03. The van der Waals surface area contributed by atoms with Crippen LogP contribution in [-0.4, -0.2) is 87.9 Å². The summed E-state index contributed by atoms with van der Waals surface area (Å²) in [5.74, 6) is 1.10. The van der Waals surface area contributed by atoms with Crippen molar-refractivity contribution in [3.63, 3.8) is 0 Å². The van der Waals surface area contributed by atoms with Crippen LogP contribution in [0.1, 0.15) is 18.5 Å². The second-order valence-corrected chi connectivity index (χ2v) is 9.79. The van der Waals surface area contributed by atoms with Gasteiger partial charge in [-0.05, 0) is 25.0 Å². The van der Waals surface area contributed by atoms with Gasteiger partial charge in [-0.25, -0.2) is 4.98 Å². The Morgan fingerprint density at radius 2 is 1.82 bits per heavy atom. The molecule has 0 spiro atoms. The van der Waals surface area contributed by atoms with Crippen LogP contribution in [0.2, 0.25) is 0 Å². The number of hydrogen-bond donors (Lipinski definition) is 1. The fourth-order valence-corrected chi connectivity index (χ4v) is 5.50. The number of fused-ring (bicyclic) bond motifs is 2. The van der Waals surface area contributed by atoms with E-state index in [1.807, 2.05) is 10.7 Å². The summed E-state index contributed by atoms with van der Waals surface area (Å²) < 4.78 is 7.67. The molecule has 2 saturated heterocycles. The summed E-state index contributed by atoms with van der Waals surface area (Å²) in [6.07, 6.45) is 4.78. The number of ether oxygens (including phenoxy) is 1. The van der Waals surface area contributed by atoms with Crippen molar-refractivity contribution in [2.75, 3.05) is 57.4 Å². The van der Waals surface area contributed by atoms with Crippen molar-refractivity contribution in [3.8, 4) is 11.3 Å². The summed E-state index contributed by atoms with van der Waals surface area (Å²) in [4.78, 5) is 16.0. The molecule has 8 nitrogen and oxygen atoms in total. The van der Waals surface area contributed by atoms with Crippen molar-refractivity contribution in [1.29, 1.82) is 0 Å². The Hall–Kier alpha value is -2.94. The fourth-order valence-electron chi connectivity index (χ4n) is 5.50. The smallest absolute Gasteiger partial charge is 0.158 e. The predicted octanol–water partition coefficient (Wildman–Crippen LogP) is 2.99. The number of rotatable bonds is 5. The SMILES string of the molecule is c1cc(-c2cc(N3CCOCC3)n3nc(CN4CCN(C5CC5)CC4)cc3n2)c2cc[nH]c2c1. The maximum atomic E-state index is 5.63. The van der Waals surface area contributed by atoms with Crippen molar-refractivity contribution in [1.82, 2.24) is 29.4 Å². The standard InChI is InChI=1S/C26H31N7O/c1-2-21(22-6-7-27-23(22)3-1)24-17-26(32-12-14-34-15-13-32)33-25(28-24)16-19(29-33)18-30-8-10-31(11-9-30)20-4-5-20/h1-3,6-7,16-17,20,27H,4-5,8-15,18H2. The normalized spacial score (nSPS) is 20.5. The molecule has 1 N–H and O–H groups in total. The number of nitrogens with zero attached hydrogens (tertiary/aromatic N) is 6. The zero-order valence-electron chi connectivity index (χ0n) is 19.5. The molecule has 0 radical (unpaired) electrons. The van der Waals surface area contributed by atoms with Crippen molar-refractivity contribution >= 4 is 22.4 Å². The largest absolute Gasteiger partial charge is 0.378 e. The van der Waals surface area contributed by atoms with Gasteiger partial charge in [0.25, 0.3) is 0 Å². The first kappa shape index (κ1) is 20.4. The number of benzene rings is 1. The molecule has 5 heterocycles. The predicted molar refractivity (Wildman–Crippen MR) is 133 cm³/mol. The van der Waals surface area contributed by atoms with Gasteiger partial charge in [0.2, 0.25) is 0 Å². The topological polar surface area (TPSA) is 64.9 Å². The number of anilines is 1. The molecule has 2 aliphatic heterocycles. The van der Waals surface area contributed by atoms with E-state index >= 15 is 0 Å². The molecule has 34 heavy (non-hydrogen) atoms. The van der Waals surface area contributed by atoms with E-state index in [9.17, 15) is 0 Å². The van der Waals surface area contributed by atoms with E-state index in [0.717, 1.165) is 85.9 Å². The fraction of sp³-hybridized carbons (Fsp3) is 0.462. The molecule has 0 atom stereocenters. The van der Waals surface area contributed by atoms with E-state index in [2.05, 4.69) is 56.1 Å². The van der Waals surface area contributed by atoms with Gasteiger partial charge in [0.05, 0.1) is 24.6 Å². The summed E-state index contributed by atoms with van der Waals surface area (Å²) in [6.45, 7) is 8.70. The van der Waals surface area contributed by atoms with E-state index in [1.165, 1.54) is 31.3 Å². The third-order valence-corrected chi connectivity index (χ3v) is 7.52. The first-order valence-corrected chi connectivity index (χ1v) is 12.6. The van der Waals surface area contributed by atoms with Gasteiger partial charge in [-0.3, -0.25) is 9.80 Å². The number of morpholine rings is 1. The van der Waals surface area contributed by atoms with Crippen LogP contribution < -0.4 is 4.90 Å². The van der Waals surface area contributed by atoms with Crippen molar-refractivity contribution in [2.24, 2.45) is 0 Å². The van der Waals surface area contributed by atoms with Crippen LogP contribution >= 0.6 is 0 Å². The Morgan fingerprint density at radius 3 is 2.65 bits per heavy atom. The molecule has 0 amide bonds. The summed E-state index contributed by atoms with van der Waals surface area (Å²) in [6, 6.07) is 13.7. The van der Waals surface area contributed by atoms with Crippen LogP contribution in [0.3, 0.4) is 0 Å². The van der Waals surface area contributed by atoms with Gasteiger partial charge in [-0.1, -0.05) is 12.1 Å². The highest BCUT2D eigenvalue weighted by Gasteiger charge is 2.31. The molecule has 8 heteroatoms. The zero-order chi connectivity index (χ0) is 22.5. The first-order chi connectivity index (χ1) is 16.8. The highest BCUT2D eigenvalue weighted by atomic mass is 16.5. The van der Waals surface area contributed by atoms with Gasteiger partial charge in [0, 0.05) is 86.7 Å². The van der Waals surface area contributed by atoms with Crippen LogP contribution in [0.5, 0.6) is 0 Å². The maximum absolute atomic E-state index is 5.63. The van der Waals surface area contributed by atoms with Gasteiger partial charge in [0.15, 0.2) is 5.65 Å². The number of aromatic amines is 1. The van der Waals surface area contributed by atoms with Gasteiger partial charge < -0.3 is 14.6 Å². The van der Waals surface area contributed by atoms with Crippen LogP contribution in [0.4, 0.5) is 5.82 Å². The average molecular weight is 458 g/mol. The van der Waals surface area contributed by atoms with Gasteiger partial charge in [0.1, 0.15) is 5.82 Å². The van der Waals surface area contributed by atoms with E-state index in [-0.39, 0.29) is 0 Å². The third kappa shape index (κ3) is 3.76. The highest BCUT2D eigenvalue weighted by molar-refractivity contribution is 5.94. The molecule has 3 aliphatic rings. The number of piperazine rings is 1. The van der Waals surface area contributed by atoms with E-state index in [0.29, 0.717) is 0 Å². The van der Waals surface area contributed by atoms with Gasteiger partial charge in [-0.15, -0.1) is 0 Å². The molecule has 4 aromatic rings. The third-order valence-electron chi connectivity index (χ3n) is 7.52.